The number of carbonyl (C=O) groups excluding carboxylic acids is 1. The topological polar surface area (TPSA) is 73.6 Å². The minimum atomic E-state index is -0.506. The van der Waals surface area contributed by atoms with Crippen molar-refractivity contribution in [1.29, 1.82) is 0 Å². The molecule has 0 spiro atoms. The Morgan fingerprint density at radius 1 is 1.12 bits per heavy atom. The van der Waals surface area contributed by atoms with Gasteiger partial charge in [-0.3, -0.25) is 0 Å². The fourth-order valence-electron chi connectivity index (χ4n) is 2.46. The van der Waals surface area contributed by atoms with E-state index in [1.54, 1.807) is 7.11 Å². The first-order valence-electron chi connectivity index (χ1n) is 7.73. The van der Waals surface area contributed by atoms with Crippen molar-refractivity contribution in [3.05, 3.63) is 65.7 Å². The van der Waals surface area contributed by atoms with E-state index in [1.165, 1.54) is 7.11 Å². The zero-order valence-corrected chi connectivity index (χ0v) is 14.0. The number of esters is 1. The molecule has 0 aliphatic rings. The SMILES string of the molecule is COC(=O)c1c(-c2ccccc2)noc1NCc1cccc(OC)c1. The Balaban J connectivity index is 1.88. The van der Waals surface area contributed by atoms with E-state index >= 15 is 0 Å². The molecule has 6 heteroatoms. The van der Waals surface area contributed by atoms with Crippen molar-refractivity contribution in [1.82, 2.24) is 5.16 Å². The van der Waals surface area contributed by atoms with Gasteiger partial charge in [0, 0.05) is 12.1 Å². The monoisotopic (exact) mass is 338 g/mol. The molecule has 0 bridgehead atoms. The van der Waals surface area contributed by atoms with Crippen LogP contribution in [0, 0.1) is 0 Å². The highest BCUT2D eigenvalue weighted by Crippen LogP contribution is 2.29. The summed E-state index contributed by atoms with van der Waals surface area (Å²) in [5, 5.41) is 7.14. The van der Waals surface area contributed by atoms with E-state index in [1.807, 2.05) is 54.6 Å². The number of rotatable bonds is 6. The fourth-order valence-corrected chi connectivity index (χ4v) is 2.46. The molecule has 6 nitrogen and oxygen atoms in total. The number of ether oxygens (including phenoxy) is 2. The van der Waals surface area contributed by atoms with Crippen LogP contribution in [0.1, 0.15) is 15.9 Å². The number of anilines is 1. The minimum Gasteiger partial charge on any atom is -0.497 e. The maximum atomic E-state index is 12.2. The smallest absolute Gasteiger partial charge is 0.345 e. The van der Waals surface area contributed by atoms with E-state index in [0.717, 1.165) is 16.9 Å². The van der Waals surface area contributed by atoms with Crippen LogP contribution >= 0.6 is 0 Å². The van der Waals surface area contributed by atoms with Crippen LogP contribution in [0.2, 0.25) is 0 Å². The minimum absolute atomic E-state index is 0.272. The van der Waals surface area contributed by atoms with E-state index in [9.17, 15) is 4.79 Å². The van der Waals surface area contributed by atoms with Crippen LogP contribution in [-0.4, -0.2) is 25.3 Å². The highest BCUT2D eigenvalue weighted by Gasteiger charge is 2.24. The maximum absolute atomic E-state index is 12.2. The normalized spacial score (nSPS) is 10.3. The molecule has 0 radical (unpaired) electrons. The van der Waals surface area contributed by atoms with Gasteiger partial charge in [0.1, 0.15) is 11.4 Å². The summed E-state index contributed by atoms with van der Waals surface area (Å²) in [5.74, 6) is 0.525. The van der Waals surface area contributed by atoms with Crippen molar-refractivity contribution in [2.45, 2.75) is 6.54 Å². The number of hydrogen-bond acceptors (Lipinski definition) is 6. The van der Waals surface area contributed by atoms with Gasteiger partial charge in [0.15, 0.2) is 5.56 Å². The predicted octanol–water partition coefficient (Wildman–Crippen LogP) is 3.75. The second kappa shape index (κ2) is 7.53. The predicted molar refractivity (Wildman–Crippen MR) is 93.6 cm³/mol. The van der Waals surface area contributed by atoms with Crippen molar-refractivity contribution in [2.75, 3.05) is 19.5 Å². The molecule has 2 aromatic carbocycles. The van der Waals surface area contributed by atoms with Gasteiger partial charge in [-0.05, 0) is 17.7 Å². The van der Waals surface area contributed by atoms with Gasteiger partial charge in [0.05, 0.1) is 14.2 Å². The van der Waals surface area contributed by atoms with Crippen molar-refractivity contribution in [3.8, 4) is 17.0 Å². The highest BCUT2D eigenvalue weighted by molar-refractivity contribution is 6.00. The van der Waals surface area contributed by atoms with Crippen LogP contribution in [0.25, 0.3) is 11.3 Å². The van der Waals surface area contributed by atoms with Crippen molar-refractivity contribution >= 4 is 11.9 Å². The summed E-state index contributed by atoms with van der Waals surface area (Å²) in [7, 11) is 2.94. The Hall–Kier alpha value is -3.28. The fraction of sp³-hybridized carbons (Fsp3) is 0.158. The van der Waals surface area contributed by atoms with Crippen LogP contribution in [0.5, 0.6) is 5.75 Å². The number of methoxy groups -OCH3 is 2. The number of nitrogens with zero attached hydrogens (tertiary/aromatic N) is 1. The molecule has 1 N–H and O–H groups in total. The Kier molecular flexibility index (Phi) is 4.99. The molecule has 0 saturated heterocycles. The Labute approximate surface area is 145 Å². The second-order valence-corrected chi connectivity index (χ2v) is 5.30. The molecule has 1 heterocycles. The third-order valence-corrected chi connectivity index (χ3v) is 3.72. The van der Waals surface area contributed by atoms with E-state index in [-0.39, 0.29) is 11.4 Å². The van der Waals surface area contributed by atoms with E-state index in [0.29, 0.717) is 12.2 Å². The van der Waals surface area contributed by atoms with E-state index in [4.69, 9.17) is 14.0 Å². The lowest BCUT2D eigenvalue weighted by Gasteiger charge is -2.07. The summed E-state index contributed by atoms with van der Waals surface area (Å²) in [5.41, 5.74) is 2.48. The quantitative estimate of drug-likeness (QED) is 0.690. The van der Waals surface area contributed by atoms with E-state index in [2.05, 4.69) is 10.5 Å². The van der Waals surface area contributed by atoms with Gasteiger partial charge < -0.3 is 19.3 Å². The Morgan fingerprint density at radius 3 is 2.64 bits per heavy atom. The second-order valence-electron chi connectivity index (χ2n) is 5.30. The lowest BCUT2D eigenvalue weighted by atomic mass is 10.1. The van der Waals surface area contributed by atoms with Gasteiger partial charge in [-0.1, -0.05) is 47.6 Å². The first kappa shape index (κ1) is 16.6. The zero-order chi connectivity index (χ0) is 17.6. The molecule has 0 aliphatic heterocycles. The molecule has 128 valence electrons. The molecule has 0 saturated carbocycles. The number of hydrogen-bond donors (Lipinski definition) is 1. The molecule has 0 fully saturated rings. The first-order valence-corrected chi connectivity index (χ1v) is 7.73. The Bertz CT molecular complexity index is 859. The molecule has 1 aromatic heterocycles. The van der Waals surface area contributed by atoms with Crippen LogP contribution in [0.4, 0.5) is 5.88 Å². The van der Waals surface area contributed by atoms with Gasteiger partial charge in [0.2, 0.25) is 5.88 Å². The number of aromatic nitrogens is 1. The van der Waals surface area contributed by atoms with Crippen LogP contribution < -0.4 is 10.1 Å². The average molecular weight is 338 g/mol. The van der Waals surface area contributed by atoms with Crippen molar-refractivity contribution < 1.29 is 18.8 Å². The van der Waals surface area contributed by atoms with Crippen LogP contribution in [0.3, 0.4) is 0 Å². The molecule has 0 aliphatic carbocycles. The summed E-state index contributed by atoms with van der Waals surface area (Å²) in [6.45, 7) is 0.449. The number of carbonyl (C=O) groups is 1. The number of benzene rings is 2. The third-order valence-electron chi connectivity index (χ3n) is 3.72. The molecule has 3 aromatic rings. The lowest BCUT2D eigenvalue weighted by Crippen LogP contribution is -2.07. The molecule has 0 atom stereocenters. The molecule has 0 unspecified atom stereocenters. The molecular formula is C19H18N2O4. The van der Waals surface area contributed by atoms with Crippen molar-refractivity contribution in [3.63, 3.8) is 0 Å². The summed E-state index contributed by atoms with van der Waals surface area (Å²) in [6, 6.07) is 17.0. The van der Waals surface area contributed by atoms with Gasteiger partial charge in [0.25, 0.3) is 0 Å². The summed E-state index contributed by atoms with van der Waals surface area (Å²) < 4.78 is 15.5. The van der Waals surface area contributed by atoms with Gasteiger partial charge >= 0.3 is 5.97 Å². The average Bonchev–Trinajstić information content (AvgIpc) is 3.10. The highest BCUT2D eigenvalue weighted by atomic mass is 16.5. The van der Waals surface area contributed by atoms with Gasteiger partial charge in [-0.2, -0.15) is 0 Å². The zero-order valence-electron chi connectivity index (χ0n) is 14.0. The summed E-state index contributed by atoms with van der Waals surface area (Å²) in [4.78, 5) is 12.2. The third kappa shape index (κ3) is 3.63. The standard InChI is InChI=1S/C19H18N2O4/c1-23-15-10-6-7-13(11-15)12-20-18-16(19(22)24-2)17(21-25-18)14-8-4-3-5-9-14/h3-11,20H,12H2,1-2H3. The van der Waals surface area contributed by atoms with Crippen LogP contribution in [-0.2, 0) is 11.3 Å². The lowest BCUT2D eigenvalue weighted by molar-refractivity contribution is 0.0602. The van der Waals surface area contributed by atoms with Crippen molar-refractivity contribution in [2.24, 2.45) is 0 Å². The largest absolute Gasteiger partial charge is 0.497 e. The first-order chi connectivity index (χ1) is 12.2. The van der Waals surface area contributed by atoms with Gasteiger partial charge in [-0.25, -0.2) is 4.79 Å². The van der Waals surface area contributed by atoms with E-state index < -0.39 is 5.97 Å². The van der Waals surface area contributed by atoms with Crippen LogP contribution in [0.15, 0.2) is 59.1 Å². The molecular weight excluding hydrogens is 320 g/mol. The summed E-state index contributed by atoms with van der Waals surface area (Å²) >= 11 is 0. The molecule has 3 rings (SSSR count). The number of nitrogens with one attached hydrogen (secondary N) is 1. The van der Waals surface area contributed by atoms with Gasteiger partial charge in [-0.15, -0.1) is 0 Å². The molecule has 25 heavy (non-hydrogen) atoms. The molecule has 0 amide bonds. The summed E-state index contributed by atoms with van der Waals surface area (Å²) in [6.07, 6.45) is 0. The maximum Gasteiger partial charge on any atom is 0.345 e. The Morgan fingerprint density at radius 2 is 1.92 bits per heavy atom.